The van der Waals surface area contributed by atoms with Crippen molar-refractivity contribution in [3.05, 3.63) is 58.9 Å². The molecular weight excluding hydrogens is 267 g/mol. The van der Waals surface area contributed by atoms with Crippen LogP contribution in [0.25, 0.3) is 0 Å². The van der Waals surface area contributed by atoms with Crippen LogP contribution in [-0.2, 0) is 6.42 Å². The summed E-state index contributed by atoms with van der Waals surface area (Å²) in [6, 6.07) is 10.4. The minimum Gasteiger partial charge on any atom is -0.385 e. The van der Waals surface area contributed by atoms with Crippen molar-refractivity contribution in [1.82, 2.24) is 0 Å². The van der Waals surface area contributed by atoms with Gasteiger partial charge in [0.15, 0.2) is 0 Å². The smallest absolute Gasteiger partial charge is 0.256 e. The Morgan fingerprint density at radius 1 is 1.29 bits per heavy atom. The molecule has 108 valence electrons. The minimum atomic E-state index is -0.315. The highest BCUT2D eigenvalue weighted by molar-refractivity contribution is 6.06. The Kier molecular flexibility index (Phi) is 3.60. The van der Waals surface area contributed by atoms with Crippen LogP contribution in [0.4, 0.5) is 15.8 Å². The molecule has 3 rings (SSSR count). The van der Waals surface area contributed by atoms with Crippen molar-refractivity contribution in [3.8, 4) is 0 Å². The number of aryl methyl sites for hydroxylation is 1. The third-order valence-corrected chi connectivity index (χ3v) is 3.77. The van der Waals surface area contributed by atoms with Crippen molar-refractivity contribution in [2.24, 2.45) is 0 Å². The molecule has 0 saturated carbocycles. The molecule has 1 aliphatic heterocycles. The Morgan fingerprint density at radius 2 is 2.14 bits per heavy atom. The number of amides is 1. The first-order valence-electron chi connectivity index (χ1n) is 7.08. The maximum atomic E-state index is 13.5. The molecule has 1 amide bonds. The van der Waals surface area contributed by atoms with Gasteiger partial charge in [0.2, 0.25) is 0 Å². The van der Waals surface area contributed by atoms with E-state index in [1.165, 1.54) is 6.07 Å². The number of halogens is 1. The summed E-state index contributed by atoms with van der Waals surface area (Å²) >= 11 is 0. The van der Waals surface area contributed by atoms with E-state index in [1.807, 2.05) is 18.2 Å². The maximum Gasteiger partial charge on any atom is 0.256 e. The summed E-state index contributed by atoms with van der Waals surface area (Å²) in [6.45, 7) is 2.63. The molecule has 0 aliphatic carbocycles. The molecule has 1 heterocycles. The second-order valence-corrected chi connectivity index (χ2v) is 5.28. The van der Waals surface area contributed by atoms with E-state index in [9.17, 15) is 9.18 Å². The lowest BCUT2D eigenvalue weighted by Crippen LogP contribution is -2.19. The van der Waals surface area contributed by atoms with Gasteiger partial charge in [-0.2, -0.15) is 0 Å². The molecule has 2 aromatic carbocycles. The van der Waals surface area contributed by atoms with Gasteiger partial charge in [0, 0.05) is 23.5 Å². The monoisotopic (exact) mass is 284 g/mol. The van der Waals surface area contributed by atoms with Crippen molar-refractivity contribution in [3.63, 3.8) is 0 Å². The van der Waals surface area contributed by atoms with E-state index < -0.39 is 0 Å². The summed E-state index contributed by atoms with van der Waals surface area (Å²) in [5.74, 6) is -0.511. The molecule has 0 radical (unpaired) electrons. The third kappa shape index (κ3) is 2.75. The zero-order valence-electron chi connectivity index (χ0n) is 11.9. The van der Waals surface area contributed by atoms with Gasteiger partial charge < -0.3 is 10.6 Å². The Morgan fingerprint density at radius 3 is 2.95 bits per heavy atom. The number of carbonyl (C=O) groups is 1. The Hall–Kier alpha value is -2.36. The van der Waals surface area contributed by atoms with Crippen molar-refractivity contribution < 1.29 is 9.18 Å². The molecular formula is C17H17FN2O. The predicted molar refractivity (Wildman–Crippen MR) is 82.3 cm³/mol. The van der Waals surface area contributed by atoms with Gasteiger partial charge >= 0.3 is 0 Å². The van der Waals surface area contributed by atoms with Crippen LogP contribution in [-0.4, -0.2) is 12.5 Å². The molecule has 0 fully saturated rings. The molecule has 0 spiro atoms. The van der Waals surface area contributed by atoms with E-state index in [1.54, 1.807) is 19.1 Å². The fraction of sp³-hybridized carbons (Fsp3) is 0.235. The Balaban J connectivity index is 1.87. The summed E-state index contributed by atoms with van der Waals surface area (Å²) < 4.78 is 13.5. The van der Waals surface area contributed by atoms with Crippen LogP contribution in [0.3, 0.4) is 0 Å². The van der Waals surface area contributed by atoms with Gasteiger partial charge in [-0.05, 0) is 55.2 Å². The van der Waals surface area contributed by atoms with E-state index in [2.05, 4.69) is 10.6 Å². The van der Waals surface area contributed by atoms with Crippen LogP contribution in [0.5, 0.6) is 0 Å². The summed E-state index contributed by atoms with van der Waals surface area (Å²) in [7, 11) is 0. The molecule has 21 heavy (non-hydrogen) atoms. The molecule has 0 aromatic heterocycles. The van der Waals surface area contributed by atoms with E-state index in [-0.39, 0.29) is 11.7 Å². The number of fused-ring (bicyclic) bond motifs is 1. The minimum absolute atomic E-state index is 0.196. The highest BCUT2D eigenvalue weighted by Gasteiger charge is 2.17. The zero-order chi connectivity index (χ0) is 14.8. The average Bonchev–Trinajstić information content (AvgIpc) is 2.50. The first kappa shape index (κ1) is 13.6. The Bertz CT molecular complexity index is 697. The van der Waals surface area contributed by atoms with Gasteiger partial charge in [-0.1, -0.05) is 12.1 Å². The normalized spacial score (nSPS) is 13.2. The first-order valence-corrected chi connectivity index (χ1v) is 7.08. The summed E-state index contributed by atoms with van der Waals surface area (Å²) in [4.78, 5) is 12.4. The molecule has 4 heteroatoms. The molecule has 3 nitrogen and oxygen atoms in total. The SMILES string of the molecule is Cc1ccc(NC(=O)c2cccc3c2CCCN3)cc1F. The van der Waals surface area contributed by atoms with Crippen molar-refractivity contribution in [2.45, 2.75) is 19.8 Å². The maximum absolute atomic E-state index is 13.5. The van der Waals surface area contributed by atoms with Crippen molar-refractivity contribution >= 4 is 17.3 Å². The quantitative estimate of drug-likeness (QED) is 0.882. The molecule has 0 saturated heterocycles. The van der Waals surface area contributed by atoms with E-state index in [0.717, 1.165) is 30.6 Å². The number of benzene rings is 2. The largest absolute Gasteiger partial charge is 0.385 e. The van der Waals surface area contributed by atoms with E-state index in [0.29, 0.717) is 16.8 Å². The average molecular weight is 284 g/mol. The van der Waals surface area contributed by atoms with Crippen LogP contribution < -0.4 is 10.6 Å². The molecule has 0 bridgehead atoms. The second-order valence-electron chi connectivity index (χ2n) is 5.28. The number of anilines is 2. The van der Waals surface area contributed by atoms with Crippen molar-refractivity contribution in [2.75, 3.05) is 17.2 Å². The molecule has 0 atom stereocenters. The molecule has 1 aliphatic rings. The summed E-state index contributed by atoms with van der Waals surface area (Å²) in [5.41, 5.74) is 3.75. The fourth-order valence-electron chi connectivity index (χ4n) is 2.59. The van der Waals surface area contributed by atoms with Gasteiger partial charge in [-0.25, -0.2) is 4.39 Å². The standard InChI is InChI=1S/C17H17FN2O/c1-11-7-8-12(10-15(11)18)20-17(21)14-4-2-6-16-13(14)5-3-9-19-16/h2,4,6-8,10,19H,3,5,9H2,1H3,(H,20,21). The summed E-state index contributed by atoms with van der Waals surface area (Å²) in [6.07, 6.45) is 1.89. The third-order valence-electron chi connectivity index (χ3n) is 3.77. The van der Waals surface area contributed by atoms with Gasteiger partial charge in [0.25, 0.3) is 5.91 Å². The molecule has 0 unspecified atom stereocenters. The topological polar surface area (TPSA) is 41.1 Å². The van der Waals surface area contributed by atoms with Crippen LogP contribution in [0, 0.1) is 12.7 Å². The van der Waals surface area contributed by atoms with Crippen LogP contribution >= 0.6 is 0 Å². The second kappa shape index (κ2) is 5.56. The van der Waals surface area contributed by atoms with Gasteiger partial charge in [0.1, 0.15) is 5.82 Å². The van der Waals surface area contributed by atoms with Crippen LogP contribution in [0.15, 0.2) is 36.4 Å². The van der Waals surface area contributed by atoms with Crippen LogP contribution in [0.1, 0.15) is 27.9 Å². The number of rotatable bonds is 2. The highest BCUT2D eigenvalue weighted by atomic mass is 19.1. The van der Waals surface area contributed by atoms with Crippen LogP contribution in [0.2, 0.25) is 0 Å². The number of hydrogen-bond acceptors (Lipinski definition) is 2. The fourth-order valence-corrected chi connectivity index (χ4v) is 2.59. The van der Waals surface area contributed by atoms with Gasteiger partial charge in [-0.15, -0.1) is 0 Å². The highest BCUT2D eigenvalue weighted by Crippen LogP contribution is 2.26. The van der Waals surface area contributed by atoms with Gasteiger partial charge in [-0.3, -0.25) is 4.79 Å². The van der Waals surface area contributed by atoms with Crippen molar-refractivity contribution in [1.29, 1.82) is 0 Å². The number of nitrogens with one attached hydrogen (secondary N) is 2. The lowest BCUT2D eigenvalue weighted by molar-refractivity contribution is 0.102. The summed E-state index contributed by atoms with van der Waals surface area (Å²) in [5, 5.41) is 6.07. The van der Waals surface area contributed by atoms with E-state index in [4.69, 9.17) is 0 Å². The number of carbonyl (C=O) groups excluding carboxylic acids is 1. The molecule has 2 N–H and O–H groups in total. The number of hydrogen-bond donors (Lipinski definition) is 2. The predicted octanol–water partition coefficient (Wildman–Crippen LogP) is 3.74. The first-order chi connectivity index (χ1) is 10.1. The van der Waals surface area contributed by atoms with E-state index >= 15 is 0 Å². The lowest BCUT2D eigenvalue weighted by atomic mass is 9.97. The Labute approximate surface area is 123 Å². The zero-order valence-corrected chi connectivity index (χ0v) is 11.9. The molecule has 2 aromatic rings. The van der Waals surface area contributed by atoms with Gasteiger partial charge in [0.05, 0.1) is 0 Å². The lowest BCUT2D eigenvalue weighted by Gasteiger charge is -2.20.